The molecule has 2 aromatic rings. The van der Waals surface area contributed by atoms with Crippen LogP contribution < -0.4 is 5.73 Å². The molecule has 90 valence electrons. The van der Waals surface area contributed by atoms with Gasteiger partial charge in [0, 0.05) is 11.7 Å². The molecule has 0 aliphatic heterocycles. The number of hydrogen-bond acceptors (Lipinski definition) is 5. The number of benzene rings is 1. The second kappa shape index (κ2) is 5.09. The molecule has 0 aliphatic rings. The Morgan fingerprint density at radius 1 is 1.59 bits per heavy atom. The van der Waals surface area contributed by atoms with E-state index in [0.717, 1.165) is 11.1 Å². The van der Waals surface area contributed by atoms with Crippen molar-refractivity contribution in [1.82, 2.24) is 4.98 Å². The number of hydrogen-bond donors (Lipinski definition) is 2. The summed E-state index contributed by atoms with van der Waals surface area (Å²) >= 11 is 1.45. The van der Waals surface area contributed by atoms with Crippen molar-refractivity contribution >= 4 is 28.7 Å². The topological polar surface area (TPSA) is 84.6 Å². The van der Waals surface area contributed by atoms with Gasteiger partial charge in [-0.15, -0.1) is 0 Å². The van der Waals surface area contributed by atoms with Crippen LogP contribution >= 0.6 is 11.8 Å². The zero-order valence-electron chi connectivity index (χ0n) is 9.33. The van der Waals surface area contributed by atoms with E-state index in [1.807, 2.05) is 31.2 Å². The summed E-state index contributed by atoms with van der Waals surface area (Å²) in [6, 6.07) is 7.59. The van der Waals surface area contributed by atoms with Gasteiger partial charge in [-0.3, -0.25) is 0 Å². The lowest BCUT2D eigenvalue weighted by Crippen LogP contribution is -2.22. The normalized spacial score (nSPS) is 14.1. The predicted molar refractivity (Wildman–Crippen MR) is 67.3 cm³/mol. The number of amidine groups is 1. The van der Waals surface area contributed by atoms with Gasteiger partial charge in [0.1, 0.15) is 11.4 Å². The first-order valence-electron chi connectivity index (χ1n) is 5.16. The van der Waals surface area contributed by atoms with Crippen LogP contribution in [0.4, 0.5) is 0 Å². The number of oxazole rings is 1. The van der Waals surface area contributed by atoms with Crippen molar-refractivity contribution in [2.24, 2.45) is 16.8 Å². The number of para-hydroxylation sites is 2. The average molecular weight is 251 g/mol. The fourth-order valence-corrected chi connectivity index (χ4v) is 2.17. The number of nitrogens with two attached hydrogens (primary N) is 1. The molecule has 17 heavy (non-hydrogen) atoms. The molecular weight excluding hydrogens is 238 g/mol. The molecule has 2 rings (SSSR count). The summed E-state index contributed by atoms with van der Waals surface area (Å²) in [6.07, 6.45) is 0. The third-order valence-electron chi connectivity index (χ3n) is 2.35. The van der Waals surface area contributed by atoms with Gasteiger partial charge in [0.15, 0.2) is 5.58 Å². The quantitative estimate of drug-likeness (QED) is 0.286. The van der Waals surface area contributed by atoms with Crippen LogP contribution in [0.1, 0.15) is 6.92 Å². The van der Waals surface area contributed by atoms with Crippen molar-refractivity contribution in [3.63, 3.8) is 0 Å². The standard InChI is InChI=1S/C11H13N3O2S/c1-7(10(12)14-15)6-17-11-13-8-4-2-3-5-9(8)16-11/h2-5,7,15H,6H2,1H3,(H2,12,14). The van der Waals surface area contributed by atoms with E-state index in [1.165, 1.54) is 11.8 Å². The zero-order valence-corrected chi connectivity index (χ0v) is 10.1. The predicted octanol–water partition coefficient (Wildman–Crippen LogP) is 2.30. The Kier molecular flexibility index (Phi) is 3.53. The van der Waals surface area contributed by atoms with Crippen molar-refractivity contribution in [3.8, 4) is 0 Å². The van der Waals surface area contributed by atoms with E-state index in [-0.39, 0.29) is 11.8 Å². The van der Waals surface area contributed by atoms with Gasteiger partial charge >= 0.3 is 0 Å². The van der Waals surface area contributed by atoms with Crippen LogP contribution in [0, 0.1) is 5.92 Å². The maximum Gasteiger partial charge on any atom is 0.256 e. The highest BCUT2D eigenvalue weighted by molar-refractivity contribution is 7.99. The number of thioether (sulfide) groups is 1. The van der Waals surface area contributed by atoms with E-state index in [4.69, 9.17) is 15.4 Å². The van der Waals surface area contributed by atoms with Crippen LogP contribution in [0.15, 0.2) is 39.1 Å². The molecule has 1 aromatic heterocycles. The highest BCUT2D eigenvalue weighted by Gasteiger charge is 2.11. The summed E-state index contributed by atoms with van der Waals surface area (Å²) in [7, 11) is 0. The van der Waals surface area contributed by atoms with Gasteiger partial charge in [0.2, 0.25) is 0 Å². The van der Waals surface area contributed by atoms with Crippen LogP contribution in [0.3, 0.4) is 0 Å². The SMILES string of the molecule is CC(CSc1nc2ccccc2o1)/C(N)=N/O. The largest absolute Gasteiger partial charge is 0.431 e. The molecule has 0 spiro atoms. The number of rotatable bonds is 4. The van der Waals surface area contributed by atoms with Crippen LogP contribution in [-0.2, 0) is 0 Å². The zero-order chi connectivity index (χ0) is 12.3. The van der Waals surface area contributed by atoms with Crippen molar-refractivity contribution < 1.29 is 9.62 Å². The van der Waals surface area contributed by atoms with Gasteiger partial charge < -0.3 is 15.4 Å². The molecule has 0 bridgehead atoms. The summed E-state index contributed by atoms with van der Waals surface area (Å²) < 4.78 is 5.54. The number of fused-ring (bicyclic) bond motifs is 1. The Morgan fingerprint density at radius 2 is 2.35 bits per heavy atom. The molecule has 1 heterocycles. The number of oxime groups is 1. The average Bonchev–Trinajstić information content (AvgIpc) is 2.77. The van der Waals surface area contributed by atoms with Gasteiger partial charge in [-0.2, -0.15) is 0 Å². The molecule has 0 aliphatic carbocycles. The molecular formula is C11H13N3O2S. The van der Waals surface area contributed by atoms with Gasteiger partial charge in [0.25, 0.3) is 5.22 Å². The highest BCUT2D eigenvalue weighted by atomic mass is 32.2. The lowest BCUT2D eigenvalue weighted by atomic mass is 10.2. The maximum absolute atomic E-state index is 8.53. The minimum Gasteiger partial charge on any atom is -0.431 e. The monoisotopic (exact) mass is 251 g/mol. The Hall–Kier alpha value is -1.69. The second-order valence-corrected chi connectivity index (χ2v) is 4.66. The Morgan fingerprint density at radius 3 is 3.06 bits per heavy atom. The number of aromatic nitrogens is 1. The maximum atomic E-state index is 8.53. The third kappa shape index (κ3) is 2.71. The lowest BCUT2D eigenvalue weighted by molar-refractivity contribution is 0.315. The smallest absolute Gasteiger partial charge is 0.256 e. The van der Waals surface area contributed by atoms with Gasteiger partial charge in [-0.1, -0.05) is 36.0 Å². The molecule has 1 aromatic carbocycles. The first-order chi connectivity index (χ1) is 8.20. The molecule has 0 saturated carbocycles. The van der Waals surface area contributed by atoms with Gasteiger partial charge in [0.05, 0.1) is 0 Å². The second-order valence-electron chi connectivity index (χ2n) is 3.68. The fraction of sp³-hybridized carbons (Fsp3) is 0.273. The third-order valence-corrected chi connectivity index (χ3v) is 3.44. The Bertz CT molecular complexity index is 505. The van der Waals surface area contributed by atoms with Gasteiger partial charge in [-0.05, 0) is 12.1 Å². The molecule has 0 saturated heterocycles. The molecule has 0 amide bonds. The van der Waals surface area contributed by atoms with E-state index >= 15 is 0 Å². The van der Waals surface area contributed by atoms with E-state index in [0.29, 0.717) is 11.0 Å². The Labute approximate surface area is 103 Å². The summed E-state index contributed by atoms with van der Waals surface area (Å²) in [5, 5.41) is 12.1. The fourth-order valence-electron chi connectivity index (χ4n) is 1.29. The summed E-state index contributed by atoms with van der Waals surface area (Å²) in [6.45, 7) is 1.88. The summed E-state index contributed by atoms with van der Waals surface area (Å²) in [4.78, 5) is 4.32. The van der Waals surface area contributed by atoms with Crippen molar-refractivity contribution in [2.45, 2.75) is 12.1 Å². The van der Waals surface area contributed by atoms with Crippen LogP contribution in [0.25, 0.3) is 11.1 Å². The van der Waals surface area contributed by atoms with E-state index in [1.54, 1.807) is 0 Å². The summed E-state index contributed by atoms with van der Waals surface area (Å²) in [5.41, 5.74) is 7.10. The van der Waals surface area contributed by atoms with Crippen molar-refractivity contribution in [2.75, 3.05) is 5.75 Å². The number of nitrogens with zero attached hydrogens (tertiary/aromatic N) is 2. The molecule has 5 nitrogen and oxygen atoms in total. The summed E-state index contributed by atoms with van der Waals surface area (Å²) in [5.74, 6) is 0.844. The van der Waals surface area contributed by atoms with Crippen molar-refractivity contribution in [1.29, 1.82) is 0 Å². The molecule has 1 unspecified atom stereocenters. The van der Waals surface area contributed by atoms with E-state index in [9.17, 15) is 0 Å². The van der Waals surface area contributed by atoms with E-state index in [2.05, 4.69) is 10.1 Å². The van der Waals surface area contributed by atoms with Gasteiger partial charge in [-0.25, -0.2) is 4.98 Å². The van der Waals surface area contributed by atoms with Crippen molar-refractivity contribution in [3.05, 3.63) is 24.3 Å². The first-order valence-corrected chi connectivity index (χ1v) is 6.15. The molecule has 0 fully saturated rings. The minimum atomic E-state index is -0.0278. The van der Waals surface area contributed by atoms with Crippen LogP contribution in [-0.4, -0.2) is 21.8 Å². The van der Waals surface area contributed by atoms with Crippen LogP contribution in [0.5, 0.6) is 0 Å². The highest BCUT2D eigenvalue weighted by Crippen LogP contribution is 2.24. The molecule has 0 radical (unpaired) electrons. The molecule has 3 N–H and O–H groups in total. The first kappa shape index (κ1) is 11.8. The lowest BCUT2D eigenvalue weighted by Gasteiger charge is -2.06. The minimum absolute atomic E-state index is 0.0278. The van der Waals surface area contributed by atoms with E-state index < -0.39 is 0 Å². The Balaban J connectivity index is 2.04. The molecule has 6 heteroatoms. The van der Waals surface area contributed by atoms with Crippen LogP contribution in [0.2, 0.25) is 0 Å². The molecule has 1 atom stereocenters.